The van der Waals surface area contributed by atoms with E-state index < -0.39 is 17.8 Å². The summed E-state index contributed by atoms with van der Waals surface area (Å²) in [5.74, 6) is -0.338. The Hall–Kier alpha value is -2.31. The highest BCUT2D eigenvalue weighted by Gasteiger charge is 2.31. The molecule has 1 aromatic heterocycles. The molecule has 1 heterocycles. The lowest BCUT2D eigenvalue weighted by Crippen LogP contribution is -2.27. The van der Waals surface area contributed by atoms with Gasteiger partial charge in [0.15, 0.2) is 0 Å². The van der Waals surface area contributed by atoms with Gasteiger partial charge in [0.2, 0.25) is 0 Å². The van der Waals surface area contributed by atoms with E-state index >= 15 is 0 Å². The summed E-state index contributed by atoms with van der Waals surface area (Å²) in [6.45, 7) is 7.76. The predicted molar refractivity (Wildman–Crippen MR) is 84.7 cm³/mol. The summed E-state index contributed by atoms with van der Waals surface area (Å²) in [5.41, 5.74) is 1.48. The number of alkyl halides is 3. The fourth-order valence-corrected chi connectivity index (χ4v) is 2.67. The zero-order valence-corrected chi connectivity index (χ0v) is 14.0. The maximum absolute atomic E-state index is 12.8. The first kappa shape index (κ1) is 18.0. The van der Waals surface area contributed by atoms with E-state index in [1.54, 1.807) is 31.5 Å². The number of aromatic nitrogens is 2. The van der Waals surface area contributed by atoms with Crippen molar-refractivity contribution in [3.63, 3.8) is 0 Å². The van der Waals surface area contributed by atoms with Crippen molar-refractivity contribution in [3.8, 4) is 0 Å². The van der Waals surface area contributed by atoms with Crippen molar-refractivity contribution < 1.29 is 18.0 Å². The number of nitrogens with zero attached hydrogens (tertiary/aromatic N) is 2. The van der Waals surface area contributed by atoms with Crippen LogP contribution in [0.2, 0.25) is 0 Å². The second kappa shape index (κ2) is 6.67. The molecule has 1 amide bonds. The number of halogens is 3. The lowest BCUT2D eigenvalue weighted by atomic mass is 10.0. The zero-order chi connectivity index (χ0) is 18.1. The predicted octanol–water partition coefficient (Wildman–Crippen LogP) is 4.03. The van der Waals surface area contributed by atoms with E-state index in [1.165, 1.54) is 6.07 Å². The molecular formula is C17H20F3N3O. The molecule has 0 saturated heterocycles. The van der Waals surface area contributed by atoms with Crippen LogP contribution in [0.15, 0.2) is 24.3 Å². The molecule has 2 aromatic rings. The molecule has 1 N–H and O–H groups in total. The molecule has 1 atom stereocenters. The fourth-order valence-electron chi connectivity index (χ4n) is 2.67. The summed E-state index contributed by atoms with van der Waals surface area (Å²) >= 11 is 0. The second-order valence-corrected chi connectivity index (χ2v) is 5.68. The van der Waals surface area contributed by atoms with Gasteiger partial charge >= 0.3 is 6.18 Å². The minimum Gasteiger partial charge on any atom is -0.345 e. The van der Waals surface area contributed by atoms with E-state index in [9.17, 15) is 18.0 Å². The van der Waals surface area contributed by atoms with Gasteiger partial charge in [-0.15, -0.1) is 0 Å². The van der Waals surface area contributed by atoms with Crippen LogP contribution in [0.4, 0.5) is 13.2 Å². The van der Waals surface area contributed by atoms with E-state index in [-0.39, 0.29) is 5.91 Å². The highest BCUT2D eigenvalue weighted by Crippen LogP contribution is 2.30. The molecule has 2 rings (SSSR count). The maximum Gasteiger partial charge on any atom is 0.416 e. The van der Waals surface area contributed by atoms with Gasteiger partial charge in [0, 0.05) is 12.2 Å². The molecule has 0 aliphatic heterocycles. The molecule has 24 heavy (non-hydrogen) atoms. The van der Waals surface area contributed by atoms with Gasteiger partial charge in [-0.05, 0) is 45.4 Å². The maximum atomic E-state index is 12.8. The van der Waals surface area contributed by atoms with E-state index in [0.717, 1.165) is 17.8 Å². The third-order valence-corrected chi connectivity index (χ3v) is 3.97. The Labute approximate surface area is 138 Å². The molecule has 0 aliphatic rings. The number of benzene rings is 1. The van der Waals surface area contributed by atoms with Crippen molar-refractivity contribution in [1.82, 2.24) is 15.1 Å². The Morgan fingerprint density at radius 3 is 2.54 bits per heavy atom. The molecular weight excluding hydrogens is 319 g/mol. The molecule has 7 heteroatoms. The van der Waals surface area contributed by atoms with Crippen LogP contribution in [-0.2, 0) is 12.7 Å². The quantitative estimate of drug-likeness (QED) is 0.914. The number of carbonyl (C=O) groups is 1. The van der Waals surface area contributed by atoms with E-state index in [4.69, 9.17) is 0 Å². The second-order valence-electron chi connectivity index (χ2n) is 5.68. The van der Waals surface area contributed by atoms with Crippen LogP contribution < -0.4 is 5.32 Å². The molecule has 0 unspecified atom stereocenters. The highest BCUT2D eigenvalue weighted by molar-refractivity contribution is 5.96. The number of rotatable bonds is 4. The van der Waals surface area contributed by atoms with Crippen molar-refractivity contribution in [3.05, 3.63) is 52.3 Å². The summed E-state index contributed by atoms with van der Waals surface area (Å²) < 4.78 is 40.1. The Kier molecular flexibility index (Phi) is 5.01. The first-order chi connectivity index (χ1) is 11.1. The molecule has 0 aliphatic carbocycles. The van der Waals surface area contributed by atoms with Crippen LogP contribution in [0.3, 0.4) is 0 Å². The number of amides is 1. The van der Waals surface area contributed by atoms with Crippen LogP contribution in [0.25, 0.3) is 0 Å². The monoisotopic (exact) mass is 339 g/mol. The largest absolute Gasteiger partial charge is 0.416 e. The third kappa shape index (κ3) is 3.60. The van der Waals surface area contributed by atoms with Crippen molar-refractivity contribution >= 4 is 5.91 Å². The Morgan fingerprint density at radius 2 is 2.00 bits per heavy atom. The molecule has 0 saturated carbocycles. The molecule has 0 spiro atoms. The number of hydrogen-bond acceptors (Lipinski definition) is 2. The fraction of sp³-hybridized carbons (Fsp3) is 0.412. The lowest BCUT2D eigenvalue weighted by molar-refractivity contribution is -0.137. The number of hydrogen-bond donors (Lipinski definition) is 1. The van der Waals surface area contributed by atoms with Crippen molar-refractivity contribution in [2.75, 3.05) is 0 Å². The Morgan fingerprint density at radius 1 is 1.33 bits per heavy atom. The third-order valence-electron chi connectivity index (χ3n) is 3.97. The van der Waals surface area contributed by atoms with Gasteiger partial charge in [0.1, 0.15) is 0 Å². The summed E-state index contributed by atoms with van der Waals surface area (Å²) in [4.78, 5) is 12.5. The minimum absolute atomic E-state index is 0.338. The van der Waals surface area contributed by atoms with Gasteiger partial charge in [-0.25, -0.2) is 0 Å². The zero-order valence-electron chi connectivity index (χ0n) is 14.0. The first-order valence-electron chi connectivity index (χ1n) is 7.67. The number of aryl methyl sites for hydroxylation is 2. The van der Waals surface area contributed by atoms with Crippen LogP contribution in [0.1, 0.15) is 52.8 Å². The average molecular weight is 339 g/mol. The minimum atomic E-state index is -4.41. The SMILES string of the molecule is CCn1nc(C)c(C(=O)N[C@H](C)c2cccc(C(F)(F)F)c2)c1C. The Balaban J connectivity index is 2.22. The first-order valence-corrected chi connectivity index (χ1v) is 7.67. The molecule has 4 nitrogen and oxygen atoms in total. The lowest BCUT2D eigenvalue weighted by Gasteiger charge is -2.16. The summed E-state index contributed by atoms with van der Waals surface area (Å²) in [5, 5.41) is 7.03. The van der Waals surface area contributed by atoms with Crippen LogP contribution in [0, 0.1) is 13.8 Å². The van der Waals surface area contributed by atoms with Crippen molar-refractivity contribution in [2.45, 2.75) is 46.5 Å². The Bertz CT molecular complexity index is 750. The average Bonchev–Trinajstić information content (AvgIpc) is 2.80. The number of nitrogens with one attached hydrogen (secondary N) is 1. The van der Waals surface area contributed by atoms with Crippen LogP contribution >= 0.6 is 0 Å². The van der Waals surface area contributed by atoms with E-state index in [1.807, 2.05) is 6.92 Å². The van der Waals surface area contributed by atoms with E-state index in [0.29, 0.717) is 23.4 Å². The van der Waals surface area contributed by atoms with Gasteiger partial charge in [0.25, 0.3) is 5.91 Å². The van der Waals surface area contributed by atoms with Gasteiger partial charge in [0.05, 0.1) is 22.9 Å². The van der Waals surface area contributed by atoms with Gasteiger partial charge in [-0.2, -0.15) is 18.3 Å². The van der Waals surface area contributed by atoms with Crippen molar-refractivity contribution in [1.29, 1.82) is 0 Å². The van der Waals surface area contributed by atoms with Crippen LogP contribution in [0.5, 0.6) is 0 Å². The molecule has 0 radical (unpaired) electrons. The van der Waals surface area contributed by atoms with Crippen LogP contribution in [-0.4, -0.2) is 15.7 Å². The van der Waals surface area contributed by atoms with Gasteiger partial charge < -0.3 is 5.32 Å². The van der Waals surface area contributed by atoms with E-state index in [2.05, 4.69) is 10.4 Å². The standard InChI is InChI=1S/C17H20F3N3O/c1-5-23-12(4)15(11(3)22-23)16(24)21-10(2)13-7-6-8-14(9-13)17(18,19)20/h6-10H,5H2,1-4H3,(H,21,24)/t10-/m1/s1. The normalized spacial score (nSPS) is 13.0. The number of carbonyl (C=O) groups excluding carboxylic acids is 1. The highest BCUT2D eigenvalue weighted by atomic mass is 19.4. The molecule has 130 valence electrons. The molecule has 0 fully saturated rings. The summed E-state index contributed by atoms with van der Waals surface area (Å²) in [6, 6.07) is 4.42. The summed E-state index contributed by atoms with van der Waals surface area (Å²) in [7, 11) is 0. The molecule has 0 bridgehead atoms. The summed E-state index contributed by atoms with van der Waals surface area (Å²) in [6.07, 6.45) is -4.41. The van der Waals surface area contributed by atoms with Gasteiger partial charge in [-0.3, -0.25) is 9.48 Å². The van der Waals surface area contributed by atoms with Crippen molar-refractivity contribution in [2.24, 2.45) is 0 Å². The smallest absolute Gasteiger partial charge is 0.345 e. The topological polar surface area (TPSA) is 46.9 Å². The molecule has 1 aromatic carbocycles. The van der Waals surface area contributed by atoms with Gasteiger partial charge in [-0.1, -0.05) is 12.1 Å².